The Labute approximate surface area is 137 Å². The van der Waals surface area contributed by atoms with Crippen molar-refractivity contribution >= 4 is 15.7 Å². The van der Waals surface area contributed by atoms with E-state index in [-0.39, 0.29) is 22.5 Å². The van der Waals surface area contributed by atoms with Crippen LogP contribution in [0, 0.1) is 23.0 Å². The zero-order valence-corrected chi connectivity index (χ0v) is 14.7. The molecular formula is C15H23N3O4S. The van der Waals surface area contributed by atoms with Crippen LogP contribution >= 0.6 is 0 Å². The van der Waals surface area contributed by atoms with Crippen LogP contribution in [0.3, 0.4) is 0 Å². The zero-order chi connectivity index (χ0) is 17.4. The Kier molecular flexibility index (Phi) is 5.07. The average molecular weight is 341 g/mol. The van der Waals surface area contributed by atoms with Crippen LogP contribution in [-0.4, -0.2) is 55.8 Å². The minimum absolute atomic E-state index is 0.0632. The van der Waals surface area contributed by atoms with Crippen molar-refractivity contribution in [3.8, 4) is 0 Å². The number of likely N-dealkylation sites (tertiary alicyclic amines) is 1. The number of nitro groups is 1. The van der Waals surface area contributed by atoms with Crippen LogP contribution in [0.25, 0.3) is 0 Å². The lowest BCUT2D eigenvalue weighted by atomic mass is 9.94. The number of rotatable bonds is 4. The molecule has 23 heavy (non-hydrogen) atoms. The van der Waals surface area contributed by atoms with Gasteiger partial charge in [-0.15, -0.1) is 0 Å². The van der Waals surface area contributed by atoms with E-state index in [0.29, 0.717) is 5.56 Å². The van der Waals surface area contributed by atoms with Crippen molar-refractivity contribution in [3.05, 3.63) is 33.9 Å². The van der Waals surface area contributed by atoms with Gasteiger partial charge in [0.1, 0.15) is 0 Å². The third-order valence-corrected chi connectivity index (χ3v) is 6.45. The Morgan fingerprint density at radius 1 is 1.39 bits per heavy atom. The lowest BCUT2D eigenvalue weighted by Gasteiger charge is -2.39. The van der Waals surface area contributed by atoms with Gasteiger partial charge in [0.15, 0.2) is 0 Å². The summed E-state index contributed by atoms with van der Waals surface area (Å²) in [5, 5.41) is 10.9. The topological polar surface area (TPSA) is 83.8 Å². The molecular weight excluding hydrogens is 318 g/mol. The maximum Gasteiger partial charge on any atom is 0.272 e. The molecule has 0 spiro atoms. The van der Waals surface area contributed by atoms with Gasteiger partial charge in [-0.1, -0.05) is 6.92 Å². The van der Waals surface area contributed by atoms with Gasteiger partial charge in [0.2, 0.25) is 10.0 Å². The summed E-state index contributed by atoms with van der Waals surface area (Å²) in [6, 6.07) is 3.89. The minimum atomic E-state index is -3.66. The fraction of sp³-hybridized carbons (Fsp3) is 0.600. The van der Waals surface area contributed by atoms with E-state index in [9.17, 15) is 18.5 Å². The summed E-state index contributed by atoms with van der Waals surface area (Å²) in [4.78, 5) is 12.7. The quantitative estimate of drug-likeness (QED) is 0.616. The van der Waals surface area contributed by atoms with Gasteiger partial charge in [0, 0.05) is 31.3 Å². The second-order valence-corrected chi connectivity index (χ2v) is 8.32. The van der Waals surface area contributed by atoms with Crippen LogP contribution in [0.5, 0.6) is 0 Å². The Morgan fingerprint density at radius 2 is 2.04 bits per heavy atom. The Bertz CT molecular complexity index is 705. The highest BCUT2D eigenvalue weighted by Crippen LogP contribution is 2.28. The Hall–Kier alpha value is -1.51. The van der Waals surface area contributed by atoms with Gasteiger partial charge in [0.05, 0.1) is 9.82 Å². The molecule has 0 radical (unpaired) electrons. The normalized spacial score (nSPS) is 23.2. The van der Waals surface area contributed by atoms with Crippen LogP contribution in [-0.2, 0) is 10.0 Å². The first-order valence-electron chi connectivity index (χ1n) is 7.56. The van der Waals surface area contributed by atoms with Crippen LogP contribution in [0.2, 0.25) is 0 Å². The lowest BCUT2D eigenvalue weighted by Crippen LogP contribution is -2.49. The average Bonchev–Trinajstić information content (AvgIpc) is 2.46. The second kappa shape index (κ2) is 6.54. The van der Waals surface area contributed by atoms with Crippen molar-refractivity contribution in [1.82, 2.24) is 9.21 Å². The number of sulfonamides is 1. The molecule has 1 aliphatic rings. The monoisotopic (exact) mass is 341 g/mol. The zero-order valence-electron chi connectivity index (χ0n) is 13.9. The predicted molar refractivity (Wildman–Crippen MR) is 87.8 cm³/mol. The molecule has 0 aliphatic carbocycles. The second-order valence-electron chi connectivity index (χ2n) is 6.32. The largest absolute Gasteiger partial charge is 0.306 e. The van der Waals surface area contributed by atoms with Crippen molar-refractivity contribution in [3.63, 3.8) is 0 Å². The van der Waals surface area contributed by atoms with Crippen molar-refractivity contribution in [2.45, 2.75) is 31.2 Å². The van der Waals surface area contributed by atoms with E-state index in [1.54, 1.807) is 14.0 Å². The molecule has 128 valence electrons. The van der Waals surface area contributed by atoms with E-state index in [2.05, 4.69) is 4.90 Å². The number of hydrogen-bond donors (Lipinski definition) is 0. The third-order valence-electron chi connectivity index (χ3n) is 4.57. The van der Waals surface area contributed by atoms with Crippen molar-refractivity contribution in [1.29, 1.82) is 0 Å². The van der Waals surface area contributed by atoms with Gasteiger partial charge in [-0.25, -0.2) is 8.42 Å². The summed E-state index contributed by atoms with van der Waals surface area (Å²) in [6.45, 7) is 5.31. The summed E-state index contributed by atoms with van der Waals surface area (Å²) in [5.74, 6) is 0.229. The van der Waals surface area contributed by atoms with Gasteiger partial charge < -0.3 is 4.90 Å². The molecule has 0 bridgehead atoms. The van der Waals surface area contributed by atoms with Crippen molar-refractivity contribution < 1.29 is 13.3 Å². The fourth-order valence-electron chi connectivity index (χ4n) is 3.22. The van der Waals surface area contributed by atoms with E-state index in [0.717, 1.165) is 19.5 Å². The highest BCUT2D eigenvalue weighted by atomic mass is 32.2. The van der Waals surface area contributed by atoms with Gasteiger partial charge in [0.25, 0.3) is 5.69 Å². The van der Waals surface area contributed by atoms with E-state index in [4.69, 9.17) is 0 Å². The third kappa shape index (κ3) is 3.54. The first-order chi connectivity index (χ1) is 10.6. The van der Waals surface area contributed by atoms with E-state index in [1.807, 2.05) is 14.0 Å². The number of hydrogen-bond acceptors (Lipinski definition) is 5. The number of benzene rings is 1. The smallest absolute Gasteiger partial charge is 0.272 e. The molecule has 2 atom stereocenters. The molecule has 0 saturated carbocycles. The van der Waals surface area contributed by atoms with Gasteiger partial charge >= 0.3 is 0 Å². The highest BCUT2D eigenvalue weighted by Gasteiger charge is 2.34. The van der Waals surface area contributed by atoms with Crippen LogP contribution in [0.1, 0.15) is 18.9 Å². The molecule has 1 aliphatic heterocycles. The molecule has 0 aromatic heterocycles. The molecule has 1 fully saturated rings. The molecule has 0 unspecified atom stereocenters. The molecule has 0 amide bonds. The molecule has 1 aromatic carbocycles. The SMILES string of the molecule is Cc1cc(S(=O)(=O)N(C)[C@H]2CCN(C)C[C@H]2C)ccc1[N+](=O)[O-]. The van der Waals surface area contributed by atoms with Crippen molar-refractivity contribution in [2.75, 3.05) is 27.2 Å². The maximum absolute atomic E-state index is 12.8. The lowest BCUT2D eigenvalue weighted by molar-refractivity contribution is -0.385. The van der Waals surface area contributed by atoms with Gasteiger partial charge in [-0.05, 0) is 45.0 Å². The summed E-state index contributed by atoms with van der Waals surface area (Å²) >= 11 is 0. The van der Waals surface area contributed by atoms with Crippen LogP contribution < -0.4 is 0 Å². The van der Waals surface area contributed by atoms with E-state index in [1.165, 1.54) is 22.5 Å². The number of nitrogens with zero attached hydrogens (tertiary/aromatic N) is 3. The molecule has 0 N–H and O–H groups in total. The number of piperidine rings is 1. The fourth-order valence-corrected chi connectivity index (χ4v) is 4.79. The molecule has 7 nitrogen and oxygen atoms in total. The van der Waals surface area contributed by atoms with E-state index < -0.39 is 14.9 Å². The highest BCUT2D eigenvalue weighted by molar-refractivity contribution is 7.89. The minimum Gasteiger partial charge on any atom is -0.306 e. The van der Waals surface area contributed by atoms with Crippen LogP contribution in [0.15, 0.2) is 23.1 Å². The first-order valence-corrected chi connectivity index (χ1v) is 9.00. The summed E-state index contributed by atoms with van der Waals surface area (Å²) in [6.07, 6.45) is 0.777. The number of nitro benzene ring substituents is 1. The maximum atomic E-state index is 12.8. The molecule has 8 heteroatoms. The summed E-state index contributed by atoms with van der Waals surface area (Å²) < 4.78 is 27.1. The number of aryl methyl sites for hydroxylation is 1. The molecule has 1 aromatic rings. The molecule has 1 heterocycles. The van der Waals surface area contributed by atoms with Crippen molar-refractivity contribution in [2.24, 2.45) is 5.92 Å². The molecule has 2 rings (SSSR count). The predicted octanol–water partition coefficient (Wildman–Crippen LogP) is 1.86. The molecule has 1 saturated heterocycles. The summed E-state index contributed by atoms with van der Waals surface area (Å²) in [5.41, 5.74) is 0.278. The van der Waals surface area contributed by atoms with Gasteiger partial charge in [-0.2, -0.15) is 4.31 Å². The Morgan fingerprint density at radius 3 is 2.57 bits per heavy atom. The first kappa shape index (κ1) is 17.8. The summed E-state index contributed by atoms with van der Waals surface area (Å²) in [7, 11) is -0.0373. The standard InChI is InChI=1S/C15H23N3O4S/c1-11-9-13(5-6-15(11)18(19)20)23(21,22)17(4)14-7-8-16(3)10-12(14)2/h5-6,9,12,14H,7-8,10H2,1-4H3/t12-,14+/m1/s1. The van der Waals surface area contributed by atoms with Gasteiger partial charge in [-0.3, -0.25) is 10.1 Å². The van der Waals surface area contributed by atoms with Crippen LogP contribution in [0.4, 0.5) is 5.69 Å². The Balaban J connectivity index is 2.30. The van der Waals surface area contributed by atoms with E-state index >= 15 is 0 Å².